The second-order valence-corrected chi connectivity index (χ2v) is 6.89. The van der Waals surface area contributed by atoms with Crippen LogP contribution in [0.15, 0.2) is 48.7 Å². The molecule has 0 saturated heterocycles. The molecule has 6 nitrogen and oxygen atoms in total. The van der Waals surface area contributed by atoms with E-state index in [9.17, 15) is 0 Å². The van der Waals surface area contributed by atoms with Crippen LogP contribution in [-0.4, -0.2) is 24.2 Å². The number of methoxy groups -OCH3 is 2. The summed E-state index contributed by atoms with van der Waals surface area (Å²) in [7, 11) is 3.13. The van der Waals surface area contributed by atoms with Crippen molar-refractivity contribution < 1.29 is 9.47 Å². The SMILES string of the molecule is COc1cc(Nc2nccc(Nc3ccc(C(C)C)cc3)n2)c(OC)cc1Cl. The monoisotopic (exact) mass is 398 g/mol. The van der Waals surface area contributed by atoms with Crippen molar-refractivity contribution in [3.63, 3.8) is 0 Å². The van der Waals surface area contributed by atoms with Gasteiger partial charge in [-0.2, -0.15) is 4.98 Å². The molecule has 0 unspecified atom stereocenters. The third-order valence-corrected chi connectivity index (χ3v) is 4.52. The molecular formula is C21H23ClN4O2. The molecule has 0 amide bonds. The first kappa shape index (κ1) is 19.8. The van der Waals surface area contributed by atoms with Gasteiger partial charge in [-0.1, -0.05) is 37.6 Å². The molecule has 0 aliphatic carbocycles. The molecule has 146 valence electrons. The van der Waals surface area contributed by atoms with Gasteiger partial charge in [0.2, 0.25) is 5.95 Å². The zero-order valence-corrected chi connectivity index (χ0v) is 17.0. The largest absolute Gasteiger partial charge is 0.495 e. The van der Waals surface area contributed by atoms with E-state index < -0.39 is 0 Å². The van der Waals surface area contributed by atoms with Crippen molar-refractivity contribution in [3.8, 4) is 11.5 Å². The summed E-state index contributed by atoms with van der Waals surface area (Å²) in [6.07, 6.45) is 1.68. The van der Waals surface area contributed by atoms with Crippen LogP contribution in [0.3, 0.4) is 0 Å². The Morgan fingerprint density at radius 3 is 2.29 bits per heavy atom. The van der Waals surface area contributed by atoms with Gasteiger partial charge in [0.25, 0.3) is 0 Å². The number of nitrogens with zero attached hydrogens (tertiary/aromatic N) is 2. The fraction of sp³-hybridized carbons (Fsp3) is 0.238. The maximum absolute atomic E-state index is 6.16. The van der Waals surface area contributed by atoms with E-state index in [2.05, 4.69) is 46.6 Å². The fourth-order valence-corrected chi connectivity index (χ4v) is 2.90. The number of rotatable bonds is 7. The highest BCUT2D eigenvalue weighted by molar-refractivity contribution is 6.32. The maximum atomic E-state index is 6.16. The summed E-state index contributed by atoms with van der Waals surface area (Å²) in [4.78, 5) is 8.79. The molecule has 0 aliphatic rings. The Balaban J connectivity index is 1.80. The summed E-state index contributed by atoms with van der Waals surface area (Å²) >= 11 is 6.16. The lowest BCUT2D eigenvalue weighted by molar-refractivity contribution is 0.405. The van der Waals surface area contributed by atoms with Crippen molar-refractivity contribution in [3.05, 3.63) is 59.2 Å². The molecule has 2 aromatic carbocycles. The third-order valence-electron chi connectivity index (χ3n) is 4.23. The van der Waals surface area contributed by atoms with Gasteiger partial charge in [-0.05, 0) is 29.7 Å². The first-order chi connectivity index (χ1) is 13.5. The Hall–Kier alpha value is -2.99. The molecule has 0 atom stereocenters. The minimum absolute atomic E-state index is 0.423. The fourth-order valence-electron chi connectivity index (χ4n) is 2.67. The molecule has 0 saturated carbocycles. The van der Waals surface area contributed by atoms with Gasteiger partial charge in [0.05, 0.1) is 24.9 Å². The highest BCUT2D eigenvalue weighted by Crippen LogP contribution is 2.37. The molecule has 7 heteroatoms. The predicted molar refractivity (Wildman–Crippen MR) is 114 cm³/mol. The number of anilines is 4. The number of aromatic nitrogens is 2. The molecule has 2 N–H and O–H groups in total. The number of nitrogens with one attached hydrogen (secondary N) is 2. The van der Waals surface area contributed by atoms with Gasteiger partial charge in [0.15, 0.2) is 0 Å². The lowest BCUT2D eigenvalue weighted by Gasteiger charge is -2.14. The molecule has 1 aromatic heterocycles. The van der Waals surface area contributed by atoms with Crippen LogP contribution in [-0.2, 0) is 0 Å². The summed E-state index contributed by atoms with van der Waals surface area (Å²) < 4.78 is 10.7. The minimum Gasteiger partial charge on any atom is -0.495 e. The predicted octanol–water partition coefficient (Wildman–Crippen LogP) is 5.76. The third kappa shape index (κ3) is 4.64. The van der Waals surface area contributed by atoms with Crippen molar-refractivity contribution in [2.45, 2.75) is 19.8 Å². The van der Waals surface area contributed by atoms with Crippen LogP contribution in [0.1, 0.15) is 25.3 Å². The smallest absolute Gasteiger partial charge is 0.229 e. The Labute approximate surface area is 169 Å². The highest BCUT2D eigenvalue weighted by atomic mass is 35.5. The lowest BCUT2D eigenvalue weighted by Crippen LogP contribution is -2.02. The molecule has 1 heterocycles. The number of hydrogen-bond acceptors (Lipinski definition) is 6. The Kier molecular flexibility index (Phi) is 6.21. The summed E-state index contributed by atoms with van der Waals surface area (Å²) in [5, 5.41) is 6.90. The Morgan fingerprint density at radius 2 is 1.64 bits per heavy atom. The topological polar surface area (TPSA) is 68.3 Å². The molecule has 3 aromatic rings. The Bertz CT molecular complexity index is 946. The molecule has 28 heavy (non-hydrogen) atoms. The van der Waals surface area contributed by atoms with Crippen molar-refractivity contribution in [1.29, 1.82) is 0 Å². The van der Waals surface area contributed by atoms with Gasteiger partial charge >= 0.3 is 0 Å². The van der Waals surface area contributed by atoms with Gasteiger partial charge in [-0.3, -0.25) is 0 Å². The van der Waals surface area contributed by atoms with Crippen LogP contribution in [0.2, 0.25) is 5.02 Å². The van der Waals surface area contributed by atoms with Crippen molar-refractivity contribution in [2.24, 2.45) is 0 Å². The van der Waals surface area contributed by atoms with E-state index >= 15 is 0 Å². The van der Waals surface area contributed by atoms with Gasteiger partial charge in [-0.25, -0.2) is 4.98 Å². The van der Waals surface area contributed by atoms with Crippen LogP contribution < -0.4 is 20.1 Å². The molecule has 0 fully saturated rings. The maximum Gasteiger partial charge on any atom is 0.229 e. The van der Waals surface area contributed by atoms with E-state index in [4.69, 9.17) is 21.1 Å². The van der Waals surface area contributed by atoms with Gasteiger partial charge in [-0.15, -0.1) is 0 Å². The van der Waals surface area contributed by atoms with Crippen LogP contribution in [0, 0.1) is 0 Å². The summed E-state index contributed by atoms with van der Waals surface area (Å²) in [6, 6.07) is 13.5. The number of hydrogen-bond donors (Lipinski definition) is 2. The van der Waals surface area contributed by atoms with Gasteiger partial charge in [0.1, 0.15) is 17.3 Å². The van der Waals surface area contributed by atoms with Gasteiger partial charge in [0, 0.05) is 24.0 Å². The lowest BCUT2D eigenvalue weighted by atomic mass is 10.0. The van der Waals surface area contributed by atoms with Crippen molar-refractivity contribution >= 4 is 34.7 Å². The number of ether oxygens (including phenoxy) is 2. The van der Waals surface area contributed by atoms with Crippen molar-refractivity contribution in [1.82, 2.24) is 9.97 Å². The molecular weight excluding hydrogens is 376 g/mol. The van der Waals surface area contributed by atoms with Crippen LogP contribution in [0.25, 0.3) is 0 Å². The first-order valence-corrected chi connectivity index (χ1v) is 9.26. The standard InChI is InChI=1S/C21H23ClN4O2/c1-13(2)14-5-7-15(8-6-14)24-20-9-10-23-21(26-20)25-17-12-18(27-3)16(22)11-19(17)28-4/h5-13H,1-4H3,(H2,23,24,25,26). The van der Waals surface area contributed by atoms with Crippen LogP contribution in [0.5, 0.6) is 11.5 Å². The van der Waals surface area contributed by atoms with E-state index in [1.807, 2.05) is 12.1 Å². The minimum atomic E-state index is 0.423. The average molecular weight is 399 g/mol. The second kappa shape index (κ2) is 8.80. The molecule has 0 spiro atoms. The van der Waals surface area contributed by atoms with E-state index in [1.165, 1.54) is 5.56 Å². The summed E-state index contributed by atoms with van der Waals surface area (Å²) in [5.41, 5.74) is 2.90. The highest BCUT2D eigenvalue weighted by Gasteiger charge is 2.11. The van der Waals surface area contributed by atoms with Crippen LogP contribution >= 0.6 is 11.6 Å². The molecule has 0 radical (unpaired) electrons. The normalized spacial score (nSPS) is 10.6. The van der Waals surface area contributed by atoms with E-state index in [1.54, 1.807) is 38.6 Å². The molecule has 3 rings (SSSR count). The molecule has 0 bridgehead atoms. The molecule has 0 aliphatic heterocycles. The first-order valence-electron chi connectivity index (χ1n) is 8.88. The van der Waals surface area contributed by atoms with Gasteiger partial charge < -0.3 is 20.1 Å². The zero-order chi connectivity index (χ0) is 20.1. The quantitative estimate of drug-likeness (QED) is 0.527. The van der Waals surface area contributed by atoms with E-state index in [-0.39, 0.29) is 0 Å². The summed E-state index contributed by atoms with van der Waals surface area (Å²) in [6.45, 7) is 4.34. The van der Waals surface area contributed by atoms with Crippen LogP contribution in [0.4, 0.5) is 23.1 Å². The summed E-state index contributed by atoms with van der Waals surface area (Å²) in [5.74, 6) is 2.69. The zero-order valence-electron chi connectivity index (χ0n) is 16.3. The van der Waals surface area contributed by atoms with E-state index in [0.29, 0.717) is 39.9 Å². The average Bonchev–Trinajstić information content (AvgIpc) is 2.69. The number of benzene rings is 2. The van der Waals surface area contributed by atoms with E-state index in [0.717, 1.165) is 5.69 Å². The Morgan fingerprint density at radius 1 is 0.929 bits per heavy atom. The second-order valence-electron chi connectivity index (χ2n) is 6.48. The number of halogens is 1. The van der Waals surface area contributed by atoms with Crippen molar-refractivity contribution in [2.75, 3.05) is 24.9 Å².